The standard InChI is InChI=1S/C19H21F2N3O2/c20-12-2-3-13(15(21)7-12)17-8-23-18(26-17)5-6-19(25)24-9-11-1-4-16(22)14(11)10-24/h2-3,7-8,11,14,16H,1,4-6,9-10,22H2. The van der Waals surface area contributed by atoms with Gasteiger partial charge in [0.2, 0.25) is 5.91 Å². The molecule has 1 aliphatic heterocycles. The fourth-order valence-electron chi connectivity index (χ4n) is 4.12. The molecule has 138 valence electrons. The van der Waals surface area contributed by atoms with Crippen LogP contribution in [0.4, 0.5) is 8.78 Å². The third-order valence-corrected chi connectivity index (χ3v) is 5.57. The van der Waals surface area contributed by atoms with E-state index < -0.39 is 11.6 Å². The first-order chi connectivity index (χ1) is 12.5. The van der Waals surface area contributed by atoms with Gasteiger partial charge in [-0.25, -0.2) is 13.8 Å². The van der Waals surface area contributed by atoms with Gasteiger partial charge in [-0.1, -0.05) is 0 Å². The highest BCUT2D eigenvalue weighted by molar-refractivity contribution is 5.76. The number of aromatic nitrogens is 1. The topological polar surface area (TPSA) is 72.4 Å². The minimum atomic E-state index is -0.705. The third kappa shape index (κ3) is 3.23. The number of hydrogen-bond acceptors (Lipinski definition) is 4. The zero-order valence-electron chi connectivity index (χ0n) is 14.3. The molecule has 5 nitrogen and oxygen atoms in total. The second-order valence-electron chi connectivity index (χ2n) is 7.21. The van der Waals surface area contributed by atoms with E-state index in [0.29, 0.717) is 30.6 Å². The van der Waals surface area contributed by atoms with E-state index in [1.807, 2.05) is 4.90 Å². The molecule has 0 radical (unpaired) electrons. The number of likely N-dealkylation sites (tertiary alicyclic amines) is 1. The van der Waals surface area contributed by atoms with E-state index in [-0.39, 0.29) is 23.3 Å². The number of carbonyl (C=O) groups is 1. The summed E-state index contributed by atoms with van der Waals surface area (Å²) in [6, 6.07) is 3.49. The average Bonchev–Trinajstić information content (AvgIpc) is 3.31. The Morgan fingerprint density at radius 2 is 2.15 bits per heavy atom. The molecule has 26 heavy (non-hydrogen) atoms. The smallest absolute Gasteiger partial charge is 0.223 e. The van der Waals surface area contributed by atoms with Crippen molar-refractivity contribution in [2.45, 2.75) is 31.7 Å². The minimum Gasteiger partial charge on any atom is -0.441 e. The SMILES string of the molecule is NC1CCC2CN(C(=O)CCc3ncc(-c4ccc(F)cc4F)o3)CC12. The molecular weight excluding hydrogens is 340 g/mol. The van der Waals surface area contributed by atoms with Gasteiger partial charge in [-0.15, -0.1) is 0 Å². The van der Waals surface area contributed by atoms with Gasteiger partial charge in [0.25, 0.3) is 0 Å². The summed E-state index contributed by atoms with van der Waals surface area (Å²) in [5.41, 5.74) is 6.26. The van der Waals surface area contributed by atoms with Gasteiger partial charge in [0.1, 0.15) is 11.6 Å². The predicted octanol–water partition coefficient (Wildman–Crippen LogP) is 2.75. The van der Waals surface area contributed by atoms with Gasteiger partial charge in [-0.05, 0) is 36.8 Å². The molecule has 1 aromatic carbocycles. The summed E-state index contributed by atoms with van der Waals surface area (Å²) in [5, 5.41) is 0. The van der Waals surface area contributed by atoms with Crippen LogP contribution >= 0.6 is 0 Å². The Morgan fingerprint density at radius 3 is 2.92 bits per heavy atom. The van der Waals surface area contributed by atoms with Crippen LogP contribution < -0.4 is 5.73 Å². The normalized spacial score (nSPS) is 24.9. The van der Waals surface area contributed by atoms with Crippen molar-refractivity contribution < 1.29 is 18.0 Å². The summed E-state index contributed by atoms with van der Waals surface area (Å²) in [5.74, 6) is 0.270. The fraction of sp³-hybridized carbons (Fsp3) is 0.474. The van der Waals surface area contributed by atoms with Crippen LogP contribution in [-0.4, -0.2) is 34.9 Å². The summed E-state index contributed by atoms with van der Waals surface area (Å²) >= 11 is 0. The maximum Gasteiger partial charge on any atom is 0.223 e. The molecule has 0 spiro atoms. The third-order valence-electron chi connectivity index (χ3n) is 5.57. The van der Waals surface area contributed by atoms with Crippen LogP contribution in [0.15, 0.2) is 28.8 Å². The van der Waals surface area contributed by atoms with E-state index in [2.05, 4.69) is 4.98 Å². The lowest BCUT2D eigenvalue weighted by Crippen LogP contribution is -2.33. The van der Waals surface area contributed by atoms with Crippen molar-refractivity contribution in [3.63, 3.8) is 0 Å². The van der Waals surface area contributed by atoms with E-state index in [9.17, 15) is 13.6 Å². The number of nitrogens with two attached hydrogens (primary N) is 1. The van der Waals surface area contributed by atoms with E-state index in [4.69, 9.17) is 10.2 Å². The van der Waals surface area contributed by atoms with Crippen LogP contribution in [0.1, 0.15) is 25.2 Å². The zero-order chi connectivity index (χ0) is 18.3. The number of nitrogens with zero attached hydrogens (tertiary/aromatic N) is 2. The second kappa shape index (κ2) is 6.79. The molecule has 2 fully saturated rings. The summed E-state index contributed by atoms with van der Waals surface area (Å²) < 4.78 is 32.3. The maximum atomic E-state index is 13.8. The largest absolute Gasteiger partial charge is 0.441 e. The number of benzene rings is 1. The lowest BCUT2D eigenvalue weighted by molar-refractivity contribution is -0.130. The van der Waals surface area contributed by atoms with Crippen LogP contribution in [-0.2, 0) is 11.2 Å². The molecule has 2 aliphatic rings. The molecule has 1 saturated carbocycles. The predicted molar refractivity (Wildman–Crippen MR) is 90.9 cm³/mol. The molecular formula is C19H21F2N3O2. The van der Waals surface area contributed by atoms with Crippen LogP contribution in [0, 0.1) is 23.5 Å². The molecule has 2 aromatic rings. The van der Waals surface area contributed by atoms with Crippen LogP contribution in [0.25, 0.3) is 11.3 Å². The quantitative estimate of drug-likeness (QED) is 0.909. The number of rotatable bonds is 4. The Hall–Kier alpha value is -2.28. The first-order valence-corrected chi connectivity index (χ1v) is 8.95. The van der Waals surface area contributed by atoms with Gasteiger partial charge in [0.05, 0.1) is 11.8 Å². The molecule has 1 aliphatic carbocycles. The fourth-order valence-corrected chi connectivity index (χ4v) is 4.12. The van der Waals surface area contributed by atoms with Crippen molar-refractivity contribution >= 4 is 5.91 Å². The van der Waals surface area contributed by atoms with Crippen LogP contribution in [0.3, 0.4) is 0 Å². The van der Waals surface area contributed by atoms with Gasteiger partial charge in [0, 0.05) is 38.0 Å². The summed E-state index contributed by atoms with van der Waals surface area (Å²) in [6.45, 7) is 1.52. The Labute approximate surface area is 150 Å². The van der Waals surface area contributed by atoms with Crippen molar-refractivity contribution in [1.29, 1.82) is 0 Å². The summed E-state index contributed by atoms with van der Waals surface area (Å²) in [7, 11) is 0. The molecule has 1 amide bonds. The Kier molecular flexibility index (Phi) is 4.48. The number of aryl methyl sites for hydroxylation is 1. The van der Waals surface area contributed by atoms with Gasteiger partial charge >= 0.3 is 0 Å². The number of carbonyl (C=O) groups excluding carboxylic acids is 1. The molecule has 1 saturated heterocycles. The Morgan fingerprint density at radius 1 is 1.31 bits per heavy atom. The van der Waals surface area contributed by atoms with Crippen molar-refractivity contribution in [3.8, 4) is 11.3 Å². The molecule has 1 aromatic heterocycles. The molecule has 2 heterocycles. The molecule has 3 unspecified atom stereocenters. The molecule has 2 N–H and O–H groups in total. The van der Waals surface area contributed by atoms with E-state index in [0.717, 1.165) is 32.0 Å². The summed E-state index contributed by atoms with van der Waals surface area (Å²) in [6.07, 6.45) is 4.19. The highest BCUT2D eigenvalue weighted by Gasteiger charge is 2.42. The zero-order valence-corrected chi connectivity index (χ0v) is 14.3. The van der Waals surface area contributed by atoms with Gasteiger partial charge in [-0.3, -0.25) is 4.79 Å². The number of oxazole rings is 1. The van der Waals surface area contributed by atoms with Gasteiger partial charge in [0.15, 0.2) is 11.7 Å². The summed E-state index contributed by atoms with van der Waals surface area (Å²) in [4.78, 5) is 18.4. The average molecular weight is 361 g/mol. The molecule has 4 rings (SSSR count). The van der Waals surface area contributed by atoms with E-state index in [1.54, 1.807) is 0 Å². The maximum absolute atomic E-state index is 13.8. The monoisotopic (exact) mass is 361 g/mol. The van der Waals surface area contributed by atoms with Crippen LogP contribution in [0.5, 0.6) is 0 Å². The number of hydrogen-bond donors (Lipinski definition) is 1. The lowest BCUT2D eigenvalue weighted by atomic mass is 9.98. The lowest BCUT2D eigenvalue weighted by Gasteiger charge is -2.18. The molecule has 7 heteroatoms. The van der Waals surface area contributed by atoms with E-state index >= 15 is 0 Å². The van der Waals surface area contributed by atoms with Crippen LogP contribution in [0.2, 0.25) is 0 Å². The Balaban J connectivity index is 1.35. The number of halogens is 2. The van der Waals surface area contributed by atoms with Gasteiger partial charge in [-0.2, -0.15) is 0 Å². The highest BCUT2D eigenvalue weighted by atomic mass is 19.1. The van der Waals surface area contributed by atoms with Crippen molar-refractivity contribution in [1.82, 2.24) is 9.88 Å². The number of fused-ring (bicyclic) bond motifs is 1. The van der Waals surface area contributed by atoms with Gasteiger partial charge < -0.3 is 15.1 Å². The van der Waals surface area contributed by atoms with Crippen molar-refractivity contribution in [3.05, 3.63) is 41.9 Å². The second-order valence-corrected chi connectivity index (χ2v) is 7.21. The van der Waals surface area contributed by atoms with Crippen molar-refractivity contribution in [2.24, 2.45) is 17.6 Å². The highest BCUT2D eigenvalue weighted by Crippen LogP contribution is 2.37. The van der Waals surface area contributed by atoms with Crippen molar-refractivity contribution in [2.75, 3.05) is 13.1 Å². The first-order valence-electron chi connectivity index (χ1n) is 8.95. The first kappa shape index (κ1) is 17.1. The number of amides is 1. The molecule has 0 bridgehead atoms. The molecule has 3 atom stereocenters. The minimum absolute atomic E-state index is 0.0688. The Bertz CT molecular complexity index is 823. The van der Waals surface area contributed by atoms with E-state index in [1.165, 1.54) is 18.3 Å².